The minimum atomic E-state index is -1.12. The molecule has 19 heavy (non-hydrogen) atoms. The first-order valence-electron chi connectivity index (χ1n) is 6.53. The zero-order valence-corrected chi connectivity index (χ0v) is 11.0. The molecule has 0 aromatic heterocycles. The maximum atomic E-state index is 11.6. The summed E-state index contributed by atoms with van der Waals surface area (Å²) in [5, 5.41) is 9.49. The van der Waals surface area contributed by atoms with E-state index in [1.54, 1.807) is 24.3 Å². The van der Waals surface area contributed by atoms with Gasteiger partial charge in [-0.25, -0.2) is 4.79 Å². The molecule has 1 fully saturated rings. The molecule has 2 rings (SSSR count). The van der Waals surface area contributed by atoms with Crippen LogP contribution in [0, 0.1) is 5.92 Å². The van der Waals surface area contributed by atoms with E-state index in [-0.39, 0.29) is 0 Å². The third-order valence-corrected chi connectivity index (χ3v) is 3.67. The van der Waals surface area contributed by atoms with Gasteiger partial charge in [0.2, 0.25) is 5.60 Å². The van der Waals surface area contributed by atoms with Crippen molar-refractivity contribution in [2.24, 2.45) is 5.92 Å². The van der Waals surface area contributed by atoms with Crippen molar-refractivity contribution in [2.45, 2.75) is 38.2 Å². The highest BCUT2D eigenvalue weighted by Crippen LogP contribution is 2.36. The Hall–Kier alpha value is -1.84. The third-order valence-electron chi connectivity index (χ3n) is 3.67. The molecule has 1 aliphatic carbocycles. The van der Waals surface area contributed by atoms with Gasteiger partial charge in [0.25, 0.3) is 0 Å². The zero-order valence-electron chi connectivity index (χ0n) is 11.0. The maximum absolute atomic E-state index is 11.6. The van der Waals surface area contributed by atoms with Crippen LogP contribution < -0.4 is 4.74 Å². The van der Waals surface area contributed by atoms with E-state index in [0.29, 0.717) is 30.1 Å². The van der Waals surface area contributed by atoms with Gasteiger partial charge < -0.3 is 9.84 Å². The van der Waals surface area contributed by atoms with E-state index >= 15 is 0 Å². The molecular formula is C15H18O4. The summed E-state index contributed by atoms with van der Waals surface area (Å²) in [6.07, 6.45) is 3.71. The molecule has 1 aromatic rings. The fourth-order valence-corrected chi connectivity index (χ4v) is 2.67. The standard InChI is InChI=1S/C15H18O4/c1-11-3-2-8-15(9-11,14(17)18)19-13-6-4-12(10-16)5-7-13/h4-7,10-11H,2-3,8-9H2,1H3,(H,17,18). The van der Waals surface area contributed by atoms with Crippen LogP contribution in [0.3, 0.4) is 0 Å². The molecule has 4 nitrogen and oxygen atoms in total. The van der Waals surface area contributed by atoms with Crippen molar-refractivity contribution in [3.8, 4) is 5.75 Å². The second-order valence-electron chi connectivity index (χ2n) is 5.29. The van der Waals surface area contributed by atoms with Gasteiger partial charge in [0.1, 0.15) is 12.0 Å². The normalized spacial score (nSPS) is 26.7. The Balaban J connectivity index is 2.20. The molecule has 1 N–H and O–H groups in total. The number of aliphatic carboxylic acids is 1. The topological polar surface area (TPSA) is 63.6 Å². The molecule has 1 aliphatic rings. The Kier molecular flexibility index (Phi) is 3.88. The van der Waals surface area contributed by atoms with Crippen LogP contribution >= 0.6 is 0 Å². The van der Waals surface area contributed by atoms with Crippen molar-refractivity contribution in [1.82, 2.24) is 0 Å². The molecule has 1 aromatic carbocycles. The summed E-state index contributed by atoms with van der Waals surface area (Å²) in [5.74, 6) is -0.0558. The number of hydrogen-bond donors (Lipinski definition) is 1. The monoisotopic (exact) mass is 262 g/mol. The van der Waals surface area contributed by atoms with Crippen LogP contribution in [0.15, 0.2) is 24.3 Å². The SMILES string of the molecule is CC1CCCC(Oc2ccc(C=O)cc2)(C(=O)O)C1. The summed E-state index contributed by atoms with van der Waals surface area (Å²) in [5.41, 5.74) is -0.575. The average molecular weight is 262 g/mol. The van der Waals surface area contributed by atoms with E-state index in [2.05, 4.69) is 6.92 Å². The summed E-state index contributed by atoms with van der Waals surface area (Å²) in [6.45, 7) is 2.05. The average Bonchev–Trinajstić information content (AvgIpc) is 2.39. The first-order valence-corrected chi connectivity index (χ1v) is 6.53. The van der Waals surface area contributed by atoms with Crippen molar-refractivity contribution < 1.29 is 19.4 Å². The van der Waals surface area contributed by atoms with Crippen LogP contribution in [0.25, 0.3) is 0 Å². The first-order chi connectivity index (χ1) is 9.05. The number of carboxylic acids is 1. The van der Waals surface area contributed by atoms with Gasteiger partial charge in [-0.05, 0) is 43.0 Å². The molecular weight excluding hydrogens is 244 g/mol. The van der Waals surface area contributed by atoms with Crippen LogP contribution in [0.2, 0.25) is 0 Å². The zero-order chi connectivity index (χ0) is 13.9. The molecule has 1 saturated carbocycles. The molecule has 2 unspecified atom stereocenters. The minimum absolute atomic E-state index is 0.346. The highest BCUT2D eigenvalue weighted by atomic mass is 16.5. The molecule has 2 atom stereocenters. The molecule has 0 spiro atoms. The predicted molar refractivity (Wildman–Crippen MR) is 70.5 cm³/mol. The maximum Gasteiger partial charge on any atom is 0.348 e. The number of carbonyl (C=O) groups excluding carboxylic acids is 1. The van der Waals surface area contributed by atoms with Crippen LogP contribution in [-0.4, -0.2) is 23.0 Å². The van der Waals surface area contributed by atoms with Gasteiger partial charge in [-0.1, -0.05) is 13.3 Å². The van der Waals surface area contributed by atoms with Crippen molar-refractivity contribution >= 4 is 12.3 Å². The predicted octanol–water partition coefficient (Wildman–Crippen LogP) is 2.91. The van der Waals surface area contributed by atoms with Crippen LogP contribution in [-0.2, 0) is 4.79 Å². The minimum Gasteiger partial charge on any atom is -0.478 e. The van der Waals surface area contributed by atoms with Gasteiger partial charge >= 0.3 is 5.97 Å². The first kappa shape index (κ1) is 13.6. The van der Waals surface area contributed by atoms with Crippen molar-refractivity contribution in [3.63, 3.8) is 0 Å². The Bertz CT molecular complexity index is 466. The molecule has 4 heteroatoms. The Labute approximate surface area is 112 Å². The molecule has 0 bridgehead atoms. The lowest BCUT2D eigenvalue weighted by Crippen LogP contribution is -2.48. The molecule has 0 radical (unpaired) electrons. The number of carboxylic acid groups (broad SMARTS) is 1. The van der Waals surface area contributed by atoms with Gasteiger partial charge in [-0.2, -0.15) is 0 Å². The lowest BCUT2D eigenvalue weighted by molar-refractivity contribution is -0.159. The second kappa shape index (κ2) is 5.43. The molecule has 0 heterocycles. The molecule has 0 saturated heterocycles. The highest BCUT2D eigenvalue weighted by Gasteiger charge is 2.44. The smallest absolute Gasteiger partial charge is 0.348 e. The lowest BCUT2D eigenvalue weighted by atomic mass is 9.78. The van der Waals surface area contributed by atoms with Gasteiger partial charge in [0.05, 0.1) is 0 Å². The van der Waals surface area contributed by atoms with Crippen molar-refractivity contribution in [1.29, 1.82) is 0 Å². The number of carbonyl (C=O) groups is 2. The van der Waals surface area contributed by atoms with Crippen LogP contribution in [0.1, 0.15) is 43.0 Å². The van der Waals surface area contributed by atoms with Gasteiger partial charge in [-0.3, -0.25) is 4.79 Å². The highest BCUT2D eigenvalue weighted by molar-refractivity contribution is 5.78. The summed E-state index contributed by atoms with van der Waals surface area (Å²) < 4.78 is 5.76. The van der Waals surface area contributed by atoms with E-state index < -0.39 is 11.6 Å². The number of aldehydes is 1. The lowest BCUT2D eigenvalue weighted by Gasteiger charge is -2.36. The second-order valence-corrected chi connectivity index (χ2v) is 5.29. The van der Waals surface area contributed by atoms with Crippen LogP contribution in [0.4, 0.5) is 0 Å². The van der Waals surface area contributed by atoms with Crippen LogP contribution in [0.5, 0.6) is 5.75 Å². The molecule has 0 aliphatic heterocycles. The number of hydrogen-bond acceptors (Lipinski definition) is 3. The summed E-state index contributed by atoms with van der Waals surface area (Å²) in [7, 11) is 0. The number of rotatable bonds is 4. The summed E-state index contributed by atoms with van der Waals surface area (Å²) >= 11 is 0. The van der Waals surface area contributed by atoms with Crippen molar-refractivity contribution in [2.75, 3.05) is 0 Å². The van der Waals surface area contributed by atoms with Gasteiger partial charge in [-0.15, -0.1) is 0 Å². The third kappa shape index (κ3) is 2.95. The van der Waals surface area contributed by atoms with E-state index in [1.165, 1.54) is 0 Å². The largest absolute Gasteiger partial charge is 0.478 e. The van der Waals surface area contributed by atoms with E-state index in [4.69, 9.17) is 4.74 Å². The van der Waals surface area contributed by atoms with Gasteiger partial charge in [0, 0.05) is 12.0 Å². The quantitative estimate of drug-likeness (QED) is 0.847. The van der Waals surface area contributed by atoms with E-state index in [0.717, 1.165) is 19.1 Å². The van der Waals surface area contributed by atoms with Crippen molar-refractivity contribution in [3.05, 3.63) is 29.8 Å². The Morgan fingerprint density at radius 3 is 2.63 bits per heavy atom. The fraction of sp³-hybridized carbons (Fsp3) is 0.467. The van der Waals surface area contributed by atoms with Gasteiger partial charge in [0.15, 0.2) is 0 Å². The molecule has 0 amide bonds. The Morgan fingerprint density at radius 1 is 1.42 bits per heavy atom. The fourth-order valence-electron chi connectivity index (χ4n) is 2.67. The number of ether oxygens (including phenoxy) is 1. The Morgan fingerprint density at radius 2 is 2.11 bits per heavy atom. The summed E-state index contributed by atoms with van der Waals surface area (Å²) in [6, 6.07) is 6.55. The number of benzene rings is 1. The van der Waals surface area contributed by atoms with E-state index in [9.17, 15) is 14.7 Å². The van der Waals surface area contributed by atoms with E-state index in [1.807, 2.05) is 0 Å². The molecule has 102 valence electrons. The summed E-state index contributed by atoms with van der Waals surface area (Å²) in [4.78, 5) is 22.2.